The van der Waals surface area contributed by atoms with Crippen LogP contribution in [0.3, 0.4) is 0 Å². The molecule has 0 radical (unpaired) electrons. The first-order valence-corrected chi connectivity index (χ1v) is 12.3. The fourth-order valence-corrected chi connectivity index (χ4v) is 4.61. The van der Waals surface area contributed by atoms with Crippen molar-refractivity contribution in [1.82, 2.24) is 5.32 Å². The molecule has 0 heterocycles. The van der Waals surface area contributed by atoms with Gasteiger partial charge in [-0.25, -0.2) is 8.42 Å². The normalized spacial score (nSPS) is 12.0. The second-order valence-electron chi connectivity index (χ2n) is 8.18. The van der Waals surface area contributed by atoms with Crippen molar-refractivity contribution in [2.45, 2.75) is 38.6 Å². The number of benzene rings is 3. The highest BCUT2D eigenvalue weighted by Crippen LogP contribution is 2.23. The Morgan fingerprint density at radius 3 is 2.09 bits per heavy atom. The van der Waals surface area contributed by atoms with Crippen molar-refractivity contribution < 1.29 is 22.7 Å². The quantitative estimate of drug-likeness (QED) is 0.462. The van der Waals surface area contributed by atoms with Crippen LogP contribution >= 0.6 is 0 Å². The van der Waals surface area contributed by atoms with Crippen molar-refractivity contribution in [3.8, 4) is 11.5 Å². The zero-order chi connectivity index (χ0) is 24.9. The summed E-state index contributed by atoms with van der Waals surface area (Å²) in [6.07, 6.45) is 0. The molecule has 0 aliphatic carbocycles. The van der Waals surface area contributed by atoms with E-state index < -0.39 is 10.0 Å². The molecule has 3 aromatic carbocycles. The fraction of sp³-hybridized carbons (Fsp3) is 0.269. The van der Waals surface area contributed by atoms with Gasteiger partial charge in [0, 0.05) is 5.69 Å². The van der Waals surface area contributed by atoms with Crippen molar-refractivity contribution in [2.24, 2.45) is 0 Å². The van der Waals surface area contributed by atoms with Gasteiger partial charge in [-0.15, -0.1) is 0 Å². The predicted octanol–water partition coefficient (Wildman–Crippen LogP) is 4.68. The van der Waals surface area contributed by atoms with Gasteiger partial charge in [0.25, 0.3) is 15.9 Å². The molecule has 0 fully saturated rings. The first-order valence-electron chi connectivity index (χ1n) is 10.9. The lowest BCUT2D eigenvalue weighted by Crippen LogP contribution is -2.31. The molecule has 0 aliphatic heterocycles. The van der Waals surface area contributed by atoms with Crippen molar-refractivity contribution >= 4 is 21.6 Å². The Kier molecular flexibility index (Phi) is 7.83. The van der Waals surface area contributed by atoms with Gasteiger partial charge in [0.05, 0.1) is 18.0 Å². The Bertz CT molecular complexity index is 1250. The molecule has 1 amide bonds. The van der Waals surface area contributed by atoms with Gasteiger partial charge < -0.3 is 14.8 Å². The van der Waals surface area contributed by atoms with Crippen LogP contribution in [0.4, 0.5) is 5.69 Å². The van der Waals surface area contributed by atoms with E-state index in [4.69, 9.17) is 9.47 Å². The van der Waals surface area contributed by atoms with E-state index >= 15 is 0 Å². The van der Waals surface area contributed by atoms with Crippen LogP contribution in [0.5, 0.6) is 11.5 Å². The van der Waals surface area contributed by atoms with Crippen LogP contribution in [0.15, 0.2) is 65.6 Å². The number of hydrogen-bond donors (Lipinski definition) is 2. The Balaban J connectivity index is 1.56. The van der Waals surface area contributed by atoms with E-state index in [1.165, 1.54) is 35.4 Å². The molecule has 8 heteroatoms. The molecule has 0 bridgehead atoms. The maximum absolute atomic E-state index is 12.6. The van der Waals surface area contributed by atoms with E-state index in [9.17, 15) is 13.2 Å². The maximum Gasteiger partial charge on any atom is 0.261 e. The average Bonchev–Trinajstić information content (AvgIpc) is 2.80. The van der Waals surface area contributed by atoms with Gasteiger partial charge in [-0.1, -0.05) is 12.1 Å². The minimum Gasteiger partial charge on any atom is -0.497 e. The van der Waals surface area contributed by atoms with E-state index in [0.29, 0.717) is 17.2 Å². The molecule has 1 atom stereocenters. The Labute approximate surface area is 201 Å². The second-order valence-corrected chi connectivity index (χ2v) is 9.86. The summed E-state index contributed by atoms with van der Waals surface area (Å²) >= 11 is 0. The third-order valence-electron chi connectivity index (χ3n) is 5.57. The second kappa shape index (κ2) is 10.6. The first kappa shape index (κ1) is 25.1. The Hall–Kier alpha value is -3.52. The summed E-state index contributed by atoms with van der Waals surface area (Å²) in [4.78, 5) is 12.5. The number of hydrogen-bond acceptors (Lipinski definition) is 5. The summed E-state index contributed by atoms with van der Waals surface area (Å²) in [5.74, 6) is 0.767. The zero-order valence-corrected chi connectivity index (χ0v) is 20.8. The van der Waals surface area contributed by atoms with Crippen LogP contribution in [-0.4, -0.2) is 28.0 Å². The molecule has 34 heavy (non-hydrogen) atoms. The van der Waals surface area contributed by atoms with Crippen molar-refractivity contribution in [3.05, 3.63) is 82.9 Å². The van der Waals surface area contributed by atoms with Crippen LogP contribution in [0.1, 0.15) is 35.2 Å². The van der Waals surface area contributed by atoms with Crippen LogP contribution in [0.25, 0.3) is 0 Å². The number of sulfonamides is 1. The average molecular weight is 483 g/mol. The number of carbonyl (C=O) groups excluding carboxylic acids is 1. The molecule has 180 valence electrons. The summed E-state index contributed by atoms with van der Waals surface area (Å²) in [5, 5.41) is 2.95. The number of rotatable bonds is 9. The van der Waals surface area contributed by atoms with Gasteiger partial charge in [0.1, 0.15) is 11.5 Å². The molecule has 2 N–H and O–H groups in total. The van der Waals surface area contributed by atoms with Crippen LogP contribution < -0.4 is 19.5 Å². The minimum absolute atomic E-state index is 0.0824. The highest BCUT2D eigenvalue weighted by atomic mass is 32.2. The number of aryl methyl sites for hydroxylation is 3. The molecular formula is C26H30N2O5S. The third-order valence-corrected chi connectivity index (χ3v) is 6.97. The molecule has 0 aliphatic rings. The van der Waals surface area contributed by atoms with Crippen molar-refractivity contribution in [2.75, 3.05) is 18.4 Å². The number of methoxy groups -OCH3 is 1. The highest BCUT2D eigenvalue weighted by molar-refractivity contribution is 7.92. The standard InChI is InChI=1S/C26H30N2O5S/c1-17-14-19(3)25(15-18(17)2)20(4)27-26(29)16-33-23-10-12-24(13-11-23)34(30,31)28-21-6-8-22(32-5)9-7-21/h6-15,20,28H,16H2,1-5H3,(H,27,29)/t20-/m1/s1. The molecule has 3 rings (SSSR count). The third kappa shape index (κ3) is 6.29. The van der Waals surface area contributed by atoms with E-state index in [-0.39, 0.29) is 23.5 Å². The summed E-state index contributed by atoms with van der Waals surface area (Å²) in [5.41, 5.74) is 5.00. The summed E-state index contributed by atoms with van der Waals surface area (Å²) in [7, 11) is -2.22. The molecule has 7 nitrogen and oxygen atoms in total. The smallest absolute Gasteiger partial charge is 0.261 e. The lowest BCUT2D eigenvalue weighted by atomic mass is 9.96. The maximum atomic E-state index is 12.6. The van der Waals surface area contributed by atoms with Gasteiger partial charge in [-0.3, -0.25) is 9.52 Å². The summed E-state index contributed by atoms with van der Waals surface area (Å²) in [6.45, 7) is 7.90. The van der Waals surface area contributed by atoms with Crippen LogP contribution in [0, 0.1) is 20.8 Å². The molecule has 0 saturated carbocycles. The number of carbonyl (C=O) groups is 1. The fourth-order valence-electron chi connectivity index (χ4n) is 3.55. The summed E-state index contributed by atoms with van der Waals surface area (Å²) in [6, 6.07) is 16.5. The van der Waals surface area contributed by atoms with Gasteiger partial charge in [0.2, 0.25) is 0 Å². The van der Waals surface area contributed by atoms with E-state index in [1.54, 1.807) is 31.4 Å². The SMILES string of the molecule is COc1ccc(NS(=O)(=O)c2ccc(OCC(=O)N[C@H](C)c3cc(C)c(C)cc3C)cc2)cc1. The van der Waals surface area contributed by atoms with Crippen molar-refractivity contribution in [3.63, 3.8) is 0 Å². The van der Waals surface area contributed by atoms with Gasteiger partial charge in [0.15, 0.2) is 6.61 Å². The van der Waals surface area contributed by atoms with Gasteiger partial charge in [-0.2, -0.15) is 0 Å². The number of nitrogens with one attached hydrogen (secondary N) is 2. The molecule has 0 spiro atoms. The number of anilines is 1. The summed E-state index contributed by atoms with van der Waals surface area (Å²) < 4.78 is 38.4. The highest BCUT2D eigenvalue weighted by Gasteiger charge is 2.16. The largest absolute Gasteiger partial charge is 0.497 e. The van der Waals surface area contributed by atoms with Gasteiger partial charge >= 0.3 is 0 Å². The molecule has 3 aromatic rings. The minimum atomic E-state index is -3.76. The molecule has 0 saturated heterocycles. The molecular weight excluding hydrogens is 452 g/mol. The zero-order valence-electron chi connectivity index (χ0n) is 20.0. The van der Waals surface area contributed by atoms with E-state index in [1.807, 2.05) is 20.8 Å². The van der Waals surface area contributed by atoms with Crippen LogP contribution in [0.2, 0.25) is 0 Å². The number of ether oxygens (including phenoxy) is 2. The van der Waals surface area contributed by atoms with Gasteiger partial charge in [-0.05, 0) is 98.5 Å². The first-order chi connectivity index (χ1) is 16.1. The lowest BCUT2D eigenvalue weighted by molar-refractivity contribution is -0.123. The molecule has 0 aromatic heterocycles. The molecule has 0 unspecified atom stereocenters. The Morgan fingerprint density at radius 2 is 1.47 bits per heavy atom. The topological polar surface area (TPSA) is 93.7 Å². The predicted molar refractivity (Wildman–Crippen MR) is 133 cm³/mol. The van der Waals surface area contributed by atoms with Crippen molar-refractivity contribution in [1.29, 1.82) is 0 Å². The Morgan fingerprint density at radius 1 is 0.882 bits per heavy atom. The lowest BCUT2D eigenvalue weighted by Gasteiger charge is -2.18. The number of amides is 1. The van der Waals surface area contributed by atoms with E-state index in [0.717, 1.165) is 11.1 Å². The van der Waals surface area contributed by atoms with E-state index in [2.05, 4.69) is 29.1 Å². The monoisotopic (exact) mass is 482 g/mol. The van der Waals surface area contributed by atoms with Crippen LogP contribution in [-0.2, 0) is 14.8 Å².